The van der Waals surface area contributed by atoms with E-state index in [4.69, 9.17) is 14.3 Å². The molecule has 0 spiro atoms. The zero-order valence-electron chi connectivity index (χ0n) is 18.3. The SMILES string of the molecule is CC(C)(C)[Si](OC[C@H]1CC[C@H](OCC(=O)O)CC1)(c1ccccc1)c1ccccc1. The Morgan fingerprint density at radius 3 is 1.87 bits per heavy atom. The summed E-state index contributed by atoms with van der Waals surface area (Å²) in [6, 6.07) is 21.5. The lowest BCUT2D eigenvalue weighted by Crippen LogP contribution is -2.67. The second-order valence-corrected chi connectivity index (χ2v) is 13.6. The lowest BCUT2D eigenvalue weighted by molar-refractivity contribution is -0.145. The van der Waals surface area contributed by atoms with E-state index >= 15 is 0 Å². The van der Waals surface area contributed by atoms with Gasteiger partial charge in [-0.3, -0.25) is 0 Å². The van der Waals surface area contributed by atoms with Gasteiger partial charge in [0.25, 0.3) is 8.32 Å². The van der Waals surface area contributed by atoms with E-state index in [9.17, 15) is 4.79 Å². The van der Waals surface area contributed by atoms with Gasteiger partial charge in [0.2, 0.25) is 0 Å². The van der Waals surface area contributed by atoms with Crippen LogP contribution in [0.15, 0.2) is 60.7 Å². The monoisotopic (exact) mass is 426 g/mol. The number of hydrogen-bond donors (Lipinski definition) is 1. The van der Waals surface area contributed by atoms with Gasteiger partial charge in [-0.15, -0.1) is 0 Å². The van der Waals surface area contributed by atoms with Crippen LogP contribution in [0.25, 0.3) is 0 Å². The third-order valence-corrected chi connectivity index (χ3v) is 11.2. The van der Waals surface area contributed by atoms with Gasteiger partial charge in [0.05, 0.1) is 6.10 Å². The molecular weight excluding hydrogens is 392 g/mol. The number of benzene rings is 2. The zero-order valence-corrected chi connectivity index (χ0v) is 19.3. The first-order chi connectivity index (χ1) is 14.3. The van der Waals surface area contributed by atoms with Crippen LogP contribution in [0, 0.1) is 5.92 Å². The lowest BCUT2D eigenvalue weighted by atomic mass is 9.88. The lowest BCUT2D eigenvalue weighted by Gasteiger charge is -2.44. The fourth-order valence-corrected chi connectivity index (χ4v) is 9.30. The van der Waals surface area contributed by atoms with E-state index in [0.717, 1.165) is 32.3 Å². The van der Waals surface area contributed by atoms with Crippen LogP contribution in [-0.2, 0) is 14.0 Å². The highest BCUT2D eigenvalue weighted by atomic mass is 28.4. The molecule has 0 heterocycles. The van der Waals surface area contributed by atoms with Crippen molar-refractivity contribution in [1.29, 1.82) is 0 Å². The third kappa shape index (κ3) is 5.20. The van der Waals surface area contributed by atoms with Gasteiger partial charge in [0.1, 0.15) is 6.61 Å². The van der Waals surface area contributed by atoms with Gasteiger partial charge in [0, 0.05) is 6.61 Å². The Bertz CT molecular complexity index is 753. The minimum Gasteiger partial charge on any atom is -0.480 e. The van der Waals surface area contributed by atoms with E-state index in [2.05, 4.69) is 81.4 Å². The van der Waals surface area contributed by atoms with E-state index in [-0.39, 0.29) is 17.7 Å². The maximum Gasteiger partial charge on any atom is 0.329 e. The van der Waals surface area contributed by atoms with E-state index in [1.807, 2.05) is 0 Å². The van der Waals surface area contributed by atoms with Crippen LogP contribution < -0.4 is 10.4 Å². The Kier molecular flexibility index (Phi) is 7.50. The van der Waals surface area contributed by atoms with Crippen LogP contribution >= 0.6 is 0 Å². The molecule has 2 aromatic rings. The molecule has 4 nitrogen and oxygen atoms in total. The molecule has 3 rings (SSSR count). The first-order valence-electron chi connectivity index (χ1n) is 10.9. The summed E-state index contributed by atoms with van der Waals surface area (Å²) >= 11 is 0. The second kappa shape index (κ2) is 9.90. The standard InChI is InChI=1S/C25H34O4Si/c1-25(2,3)30(22-10-6-4-7-11-22,23-12-8-5-9-13-23)29-18-20-14-16-21(17-15-20)28-19-24(26)27/h4-13,20-21H,14-19H2,1-3H3,(H,26,27)/t20-,21-. The van der Waals surface area contributed by atoms with Gasteiger partial charge in [0.15, 0.2) is 0 Å². The fourth-order valence-electron chi connectivity index (χ4n) is 4.66. The fraction of sp³-hybridized carbons (Fsp3) is 0.480. The predicted octanol–water partition coefficient (Wildman–Crippen LogP) is 4.22. The van der Waals surface area contributed by atoms with Crippen molar-refractivity contribution in [1.82, 2.24) is 0 Å². The first kappa shape index (κ1) is 22.7. The minimum absolute atomic E-state index is 0.0164. The highest BCUT2D eigenvalue weighted by Crippen LogP contribution is 2.38. The van der Waals surface area contributed by atoms with Gasteiger partial charge < -0.3 is 14.3 Å². The Labute approximate surface area is 181 Å². The summed E-state index contributed by atoms with van der Waals surface area (Å²) < 4.78 is 12.5. The van der Waals surface area contributed by atoms with Crippen LogP contribution in [-0.4, -0.2) is 38.7 Å². The number of carboxylic acids is 1. The van der Waals surface area contributed by atoms with Crippen molar-refractivity contribution in [3.63, 3.8) is 0 Å². The van der Waals surface area contributed by atoms with Gasteiger partial charge in [-0.2, -0.15) is 0 Å². The Balaban J connectivity index is 1.79. The molecule has 162 valence electrons. The summed E-state index contributed by atoms with van der Waals surface area (Å²) in [5.41, 5.74) is 0. The van der Waals surface area contributed by atoms with E-state index in [1.54, 1.807) is 0 Å². The number of carboxylic acid groups (broad SMARTS) is 1. The molecular formula is C25H34O4Si. The normalized spacial score (nSPS) is 20.1. The van der Waals surface area contributed by atoms with Gasteiger partial charge in [-0.05, 0) is 47.0 Å². The summed E-state index contributed by atoms with van der Waals surface area (Å²) in [4.78, 5) is 10.7. The molecule has 5 heteroatoms. The molecule has 1 saturated carbocycles. The third-order valence-electron chi connectivity index (χ3n) is 6.19. The topological polar surface area (TPSA) is 55.8 Å². The first-order valence-corrected chi connectivity index (χ1v) is 12.8. The number of rotatable bonds is 8. The quantitative estimate of drug-likeness (QED) is 0.642. The summed E-state index contributed by atoms with van der Waals surface area (Å²) in [6.07, 6.45) is 3.90. The molecule has 1 aliphatic rings. The molecule has 30 heavy (non-hydrogen) atoms. The molecule has 0 atom stereocenters. The summed E-state index contributed by atoms with van der Waals surface area (Å²) in [5, 5.41) is 11.4. The number of carbonyl (C=O) groups is 1. The smallest absolute Gasteiger partial charge is 0.329 e. The molecule has 0 amide bonds. The van der Waals surface area contributed by atoms with E-state index < -0.39 is 14.3 Å². The molecule has 1 N–H and O–H groups in total. The maximum absolute atomic E-state index is 10.7. The van der Waals surface area contributed by atoms with Crippen LogP contribution in [0.5, 0.6) is 0 Å². The van der Waals surface area contributed by atoms with Gasteiger partial charge in [-0.1, -0.05) is 81.4 Å². The van der Waals surface area contributed by atoms with Crippen LogP contribution in [0.2, 0.25) is 5.04 Å². The maximum atomic E-state index is 10.7. The zero-order chi connectivity index (χ0) is 21.6. The second-order valence-electron chi connectivity index (χ2n) is 9.32. The van der Waals surface area contributed by atoms with Crippen LogP contribution in [0.3, 0.4) is 0 Å². The number of ether oxygens (including phenoxy) is 1. The van der Waals surface area contributed by atoms with Crippen molar-refractivity contribution in [3.05, 3.63) is 60.7 Å². The number of aliphatic carboxylic acids is 1. The largest absolute Gasteiger partial charge is 0.480 e. The van der Waals surface area contributed by atoms with Crippen molar-refractivity contribution < 1.29 is 19.1 Å². The summed E-state index contributed by atoms with van der Waals surface area (Å²) in [6.45, 7) is 7.44. The average molecular weight is 427 g/mol. The molecule has 1 fully saturated rings. The molecule has 0 aliphatic heterocycles. The van der Waals surface area contributed by atoms with Crippen LogP contribution in [0.4, 0.5) is 0 Å². The highest BCUT2D eigenvalue weighted by Gasteiger charge is 2.50. The van der Waals surface area contributed by atoms with E-state index in [0.29, 0.717) is 5.92 Å². The highest BCUT2D eigenvalue weighted by molar-refractivity contribution is 6.99. The minimum atomic E-state index is -2.49. The van der Waals surface area contributed by atoms with Crippen molar-refractivity contribution in [2.75, 3.05) is 13.2 Å². The summed E-state index contributed by atoms with van der Waals surface area (Å²) in [7, 11) is -2.49. The molecule has 0 saturated heterocycles. The van der Waals surface area contributed by atoms with Crippen LogP contribution in [0.1, 0.15) is 46.5 Å². The predicted molar refractivity (Wildman–Crippen MR) is 123 cm³/mol. The van der Waals surface area contributed by atoms with Crippen molar-refractivity contribution in [2.45, 2.75) is 57.6 Å². The Morgan fingerprint density at radius 2 is 1.43 bits per heavy atom. The summed E-state index contributed by atoms with van der Waals surface area (Å²) in [5.74, 6) is -0.413. The molecule has 2 aromatic carbocycles. The van der Waals surface area contributed by atoms with Crippen molar-refractivity contribution >= 4 is 24.7 Å². The molecule has 1 aliphatic carbocycles. The Morgan fingerprint density at radius 1 is 0.933 bits per heavy atom. The van der Waals surface area contributed by atoms with Gasteiger partial charge >= 0.3 is 5.97 Å². The number of hydrogen-bond acceptors (Lipinski definition) is 3. The van der Waals surface area contributed by atoms with Crippen molar-refractivity contribution in [3.8, 4) is 0 Å². The Hall–Kier alpha value is -1.95. The molecule has 0 bridgehead atoms. The molecule has 0 unspecified atom stereocenters. The van der Waals surface area contributed by atoms with Gasteiger partial charge in [-0.25, -0.2) is 4.79 Å². The molecule has 0 aromatic heterocycles. The van der Waals surface area contributed by atoms with Crippen molar-refractivity contribution in [2.24, 2.45) is 5.92 Å². The van der Waals surface area contributed by atoms with E-state index in [1.165, 1.54) is 10.4 Å². The molecule has 0 radical (unpaired) electrons. The average Bonchev–Trinajstić information content (AvgIpc) is 2.74.